The van der Waals surface area contributed by atoms with Gasteiger partial charge in [0.15, 0.2) is 5.96 Å². The number of nitrogens with one attached hydrogen (secondary N) is 1. The number of piperazine rings is 1. The van der Waals surface area contributed by atoms with E-state index in [0.717, 1.165) is 55.4 Å². The smallest absolute Gasteiger partial charge is 0.251 e. The van der Waals surface area contributed by atoms with E-state index in [-0.39, 0.29) is 18.1 Å². The minimum absolute atomic E-state index is 0.132. The summed E-state index contributed by atoms with van der Waals surface area (Å²) in [6.07, 6.45) is 2.69. The number of methoxy groups -OCH3 is 1. The Morgan fingerprint density at radius 1 is 1.27 bits per heavy atom. The van der Waals surface area contributed by atoms with E-state index in [1.54, 1.807) is 14.2 Å². The van der Waals surface area contributed by atoms with Crippen LogP contribution in [0.2, 0.25) is 0 Å². The van der Waals surface area contributed by atoms with Crippen LogP contribution in [0.1, 0.15) is 30.9 Å². The summed E-state index contributed by atoms with van der Waals surface area (Å²) in [5.74, 6) is 2.76. The van der Waals surface area contributed by atoms with Gasteiger partial charge in [-0.05, 0) is 31.9 Å². The van der Waals surface area contributed by atoms with Crippen LogP contribution in [0.5, 0.6) is 11.5 Å². The van der Waals surface area contributed by atoms with E-state index in [2.05, 4.69) is 34.3 Å². The van der Waals surface area contributed by atoms with Crippen LogP contribution in [0.25, 0.3) is 0 Å². The van der Waals surface area contributed by atoms with E-state index < -0.39 is 0 Å². The van der Waals surface area contributed by atoms with Crippen molar-refractivity contribution in [3.63, 3.8) is 0 Å². The molecule has 0 aromatic heterocycles. The standard InChI is InChI=1S/C22H32N4O4/c1-15-11-16-12-19(28-3)17(13-20(16)30-15)14-24-22(23-2)26-8-6-25(7-9-26)21(27)18-5-4-10-29-18/h12-13,15,18H,4-11,14H2,1-3H3,(H,23,24). The van der Waals surface area contributed by atoms with E-state index >= 15 is 0 Å². The van der Waals surface area contributed by atoms with Crippen molar-refractivity contribution >= 4 is 11.9 Å². The lowest BCUT2D eigenvalue weighted by Crippen LogP contribution is -2.55. The van der Waals surface area contributed by atoms with Crippen LogP contribution in [0, 0.1) is 0 Å². The van der Waals surface area contributed by atoms with E-state index in [9.17, 15) is 4.79 Å². The number of carbonyl (C=O) groups is 1. The van der Waals surface area contributed by atoms with Crippen LogP contribution < -0.4 is 14.8 Å². The predicted octanol–water partition coefficient (Wildman–Crippen LogP) is 1.42. The number of hydrogen-bond donors (Lipinski definition) is 1. The van der Waals surface area contributed by atoms with Crippen molar-refractivity contribution in [2.75, 3.05) is 46.9 Å². The van der Waals surface area contributed by atoms with E-state index in [1.807, 2.05) is 4.90 Å². The lowest BCUT2D eigenvalue weighted by Gasteiger charge is -2.37. The SMILES string of the molecule is CN=C(NCc1cc2c(cc1OC)CC(C)O2)N1CCN(C(=O)C2CCCO2)CC1. The van der Waals surface area contributed by atoms with Gasteiger partial charge in [-0.2, -0.15) is 0 Å². The molecule has 30 heavy (non-hydrogen) atoms. The zero-order valence-corrected chi connectivity index (χ0v) is 18.1. The molecule has 1 aromatic rings. The molecule has 2 fully saturated rings. The maximum Gasteiger partial charge on any atom is 0.251 e. The molecule has 1 aromatic carbocycles. The van der Waals surface area contributed by atoms with Crippen LogP contribution in [-0.4, -0.2) is 80.8 Å². The third kappa shape index (κ3) is 4.33. The van der Waals surface area contributed by atoms with E-state index in [1.165, 1.54) is 5.56 Å². The molecule has 8 heteroatoms. The summed E-state index contributed by atoms with van der Waals surface area (Å²) in [5.41, 5.74) is 2.23. The first kappa shape index (κ1) is 20.8. The number of hydrogen-bond acceptors (Lipinski definition) is 5. The number of rotatable bonds is 4. The number of fused-ring (bicyclic) bond motifs is 1. The number of guanidine groups is 1. The summed E-state index contributed by atoms with van der Waals surface area (Å²) < 4.78 is 17.1. The Morgan fingerprint density at radius 2 is 2.03 bits per heavy atom. The molecule has 164 valence electrons. The maximum absolute atomic E-state index is 12.6. The summed E-state index contributed by atoms with van der Waals surface area (Å²) >= 11 is 0. The number of aliphatic imine (C=N–C) groups is 1. The van der Waals surface area contributed by atoms with Crippen molar-refractivity contribution in [1.82, 2.24) is 15.1 Å². The Morgan fingerprint density at radius 3 is 2.70 bits per heavy atom. The fraction of sp³-hybridized carbons (Fsp3) is 0.636. The van der Waals surface area contributed by atoms with Crippen molar-refractivity contribution in [1.29, 1.82) is 0 Å². The minimum Gasteiger partial charge on any atom is -0.496 e. The molecule has 1 N–H and O–H groups in total. The van der Waals surface area contributed by atoms with Gasteiger partial charge in [0, 0.05) is 63.9 Å². The van der Waals surface area contributed by atoms with Crippen molar-refractivity contribution < 1.29 is 19.0 Å². The second-order valence-electron chi connectivity index (χ2n) is 8.12. The first-order valence-electron chi connectivity index (χ1n) is 10.8. The number of benzene rings is 1. The first-order chi connectivity index (χ1) is 14.6. The summed E-state index contributed by atoms with van der Waals surface area (Å²) in [7, 11) is 3.49. The van der Waals surface area contributed by atoms with Crippen LogP contribution in [0.3, 0.4) is 0 Å². The maximum atomic E-state index is 12.6. The molecule has 0 aliphatic carbocycles. The Bertz CT molecular complexity index is 799. The van der Waals surface area contributed by atoms with Crippen LogP contribution >= 0.6 is 0 Å². The third-order valence-corrected chi connectivity index (χ3v) is 6.04. The second kappa shape index (κ2) is 9.12. The van der Waals surface area contributed by atoms with E-state index in [4.69, 9.17) is 14.2 Å². The van der Waals surface area contributed by atoms with Crippen LogP contribution in [-0.2, 0) is 22.5 Å². The highest BCUT2D eigenvalue weighted by Gasteiger charge is 2.31. The second-order valence-corrected chi connectivity index (χ2v) is 8.12. The van der Waals surface area contributed by atoms with Gasteiger partial charge in [0.2, 0.25) is 0 Å². The number of nitrogens with zero attached hydrogens (tertiary/aromatic N) is 3. The molecule has 0 spiro atoms. The molecule has 0 radical (unpaired) electrons. The molecule has 3 aliphatic rings. The van der Waals surface area contributed by atoms with Gasteiger partial charge in [0.05, 0.1) is 7.11 Å². The van der Waals surface area contributed by atoms with Gasteiger partial charge >= 0.3 is 0 Å². The third-order valence-electron chi connectivity index (χ3n) is 6.04. The fourth-order valence-corrected chi connectivity index (χ4v) is 4.43. The molecule has 8 nitrogen and oxygen atoms in total. The average Bonchev–Trinajstić information content (AvgIpc) is 3.42. The molecule has 0 saturated carbocycles. The Balaban J connectivity index is 1.34. The topological polar surface area (TPSA) is 75.6 Å². The monoisotopic (exact) mass is 416 g/mol. The van der Waals surface area contributed by atoms with Crippen molar-refractivity contribution in [3.8, 4) is 11.5 Å². The largest absolute Gasteiger partial charge is 0.496 e. The molecule has 2 atom stereocenters. The summed E-state index contributed by atoms with van der Waals surface area (Å²) in [5, 5.41) is 3.44. The van der Waals surface area contributed by atoms with Gasteiger partial charge in [-0.1, -0.05) is 0 Å². The minimum atomic E-state index is -0.244. The highest BCUT2D eigenvalue weighted by molar-refractivity contribution is 5.83. The number of carbonyl (C=O) groups excluding carboxylic acids is 1. The van der Waals surface area contributed by atoms with Crippen molar-refractivity contribution in [2.24, 2.45) is 4.99 Å². The normalized spacial score (nSPS) is 23.9. The molecule has 2 unspecified atom stereocenters. The van der Waals surface area contributed by atoms with Crippen molar-refractivity contribution in [2.45, 2.75) is 44.9 Å². The van der Waals surface area contributed by atoms with Gasteiger partial charge in [-0.25, -0.2) is 0 Å². The summed E-state index contributed by atoms with van der Waals surface area (Å²) in [6, 6.07) is 4.14. The summed E-state index contributed by atoms with van der Waals surface area (Å²) in [6.45, 7) is 6.25. The zero-order chi connectivity index (χ0) is 21.1. The highest BCUT2D eigenvalue weighted by Crippen LogP contribution is 2.35. The molecule has 0 bridgehead atoms. The lowest BCUT2D eigenvalue weighted by atomic mass is 10.1. The van der Waals surface area contributed by atoms with Gasteiger partial charge in [0.25, 0.3) is 5.91 Å². The Labute approximate surface area is 178 Å². The quantitative estimate of drug-likeness (QED) is 0.591. The lowest BCUT2D eigenvalue weighted by molar-refractivity contribution is -0.142. The fourth-order valence-electron chi connectivity index (χ4n) is 4.43. The average molecular weight is 417 g/mol. The predicted molar refractivity (Wildman–Crippen MR) is 114 cm³/mol. The van der Waals surface area contributed by atoms with Crippen LogP contribution in [0.4, 0.5) is 0 Å². The molecular formula is C22H32N4O4. The number of ether oxygens (including phenoxy) is 3. The van der Waals surface area contributed by atoms with Crippen LogP contribution in [0.15, 0.2) is 17.1 Å². The molecular weight excluding hydrogens is 384 g/mol. The van der Waals surface area contributed by atoms with Crippen molar-refractivity contribution in [3.05, 3.63) is 23.3 Å². The molecule has 3 aliphatic heterocycles. The van der Waals surface area contributed by atoms with Gasteiger partial charge in [-0.3, -0.25) is 9.79 Å². The highest BCUT2D eigenvalue weighted by atomic mass is 16.5. The Kier molecular flexibility index (Phi) is 6.32. The zero-order valence-electron chi connectivity index (χ0n) is 18.1. The Hall–Kier alpha value is -2.48. The number of amides is 1. The molecule has 2 saturated heterocycles. The van der Waals surface area contributed by atoms with Gasteiger partial charge in [-0.15, -0.1) is 0 Å². The molecule has 3 heterocycles. The van der Waals surface area contributed by atoms with Gasteiger partial charge < -0.3 is 29.3 Å². The molecule has 4 rings (SSSR count). The molecule has 1 amide bonds. The first-order valence-corrected chi connectivity index (χ1v) is 10.8. The van der Waals surface area contributed by atoms with Gasteiger partial charge in [0.1, 0.15) is 23.7 Å². The summed E-state index contributed by atoms with van der Waals surface area (Å²) in [4.78, 5) is 21.1. The van der Waals surface area contributed by atoms with E-state index in [0.29, 0.717) is 26.2 Å².